The largest absolute Gasteiger partial charge is 0.340 e. The lowest BCUT2D eigenvalue weighted by Crippen LogP contribution is -2.41. The van der Waals surface area contributed by atoms with Crippen LogP contribution in [-0.2, 0) is 10.0 Å². The van der Waals surface area contributed by atoms with Crippen LogP contribution in [-0.4, -0.2) is 29.8 Å². The number of sulfonamides is 1. The van der Waals surface area contributed by atoms with Gasteiger partial charge in [0.15, 0.2) is 0 Å². The van der Waals surface area contributed by atoms with Gasteiger partial charge in [-0.25, -0.2) is 13.4 Å². The Labute approximate surface area is 148 Å². The SMILES string of the molecule is CC(C)N(C(C)C)S(=O)(=O)c1ccc(Nc2ccc(Cl)cc2)nc1. The van der Waals surface area contributed by atoms with Crippen LogP contribution < -0.4 is 5.32 Å². The van der Waals surface area contributed by atoms with Crippen molar-refractivity contribution in [2.45, 2.75) is 44.7 Å². The molecule has 0 radical (unpaired) electrons. The Kier molecular flexibility index (Phi) is 5.85. The fourth-order valence-corrected chi connectivity index (χ4v) is 4.47. The van der Waals surface area contributed by atoms with E-state index in [1.165, 1.54) is 10.5 Å². The Morgan fingerprint density at radius 1 is 1.00 bits per heavy atom. The van der Waals surface area contributed by atoms with Crippen molar-refractivity contribution in [1.29, 1.82) is 0 Å². The van der Waals surface area contributed by atoms with Crippen LogP contribution in [0, 0.1) is 0 Å². The highest BCUT2D eigenvalue weighted by Gasteiger charge is 2.29. The van der Waals surface area contributed by atoms with Crippen molar-refractivity contribution in [3.63, 3.8) is 0 Å². The van der Waals surface area contributed by atoms with Crippen LogP contribution in [0.5, 0.6) is 0 Å². The first-order valence-corrected chi connectivity index (χ1v) is 9.56. The smallest absolute Gasteiger partial charge is 0.245 e. The van der Waals surface area contributed by atoms with Gasteiger partial charge in [-0.2, -0.15) is 4.31 Å². The van der Waals surface area contributed by atoms with Crippen molar-refractivity contribution in [2.75, 3.05) is 5.32 Å². The Morgan fingerprint density at radius 3 is 2.04 bits per heavy atom. The maximum Gasteiger partial charge on any atom is 0.245 e. The monoisotopic (exact) mass is 367 g/mol. The number of hydrogen-bond donors (Lipinski definition) is 1. The van der Waals surface area contributed by atoms with Gasteiger partial charge in [0.2, 0.25) is 10.0 Å². The van der Waals surface area contributed by atoms with Crippen LogP contribution in [0.25, 0.3) is 0 Å². The lowest BCUT2D eigenvalue weighted by Gasteiger charge is -2.29. The highest BCUT2D eigenvalue weighted by molar-refractivity contribution is 7.89. The first-order valence-electron chi connectivity index (χ1n) is 7.74. The molecule has 130 valence electrons. The van der Waals surface area contributed by atoms with Gasteiger partial charge in [0, 0.05) is 29.0 Å². The zero-order chi connectivity index (χ0) is 17.9. The summed E-state index contributed by atoms with van der Waals surface area (Å²) in [6.45, 7) is 7.45. The molecule has 2 rings (SSSR count). The third-order valence-electron chi connectivity index (χ3n) is 3.45. The van der Waals surface area contributed by atoms with E-state index in [2.05, 4.69) is 10.3 Å². The molecule has 0 amide bonds. The molecule has 1 aromatic heterocycles. The summed E-state index contributed by atoms with van der Waals surface area (Å²) in [6.07, 6.45) is 1.38. The van der Waals surface area contributed by atoms with E-state index < -0.39 is 10.0 Å². The Morgan fingerprint density at radius 2 is 1.58 bits per heavy atom. The van der Waals surface area contributed by atoms with Crippen molar-refractivity contribution < 1.29 is 8.42 Å². The second kappa shape index (κ2) is 7.51. The van der Waals surface area contributed by atoms with Gasteiger partial charge >= 0.3 is 0 Å². The summed E-state index contributed by atoms with van der Waals surface area (Å²) in [6, 6.07) is 10.2. The van der Waals surface area contributed by atoms with Crippen LogP contribution in [0.4, 0.5) is 11.5 Å². The summed E-state index contributed by atoms with van der Waals surface area (Å²) in [4.78, 5) is 4.40. The van der Waals surface area contributed by atoms with Crippen LogP contribution >= 0.6 is 11.6 Å². The van der Waals surface area contributed by atoms with E-state index in [1.807, 2.05) is 39.8 Å². The zero-order valence-corrected chi connectivity index (χ0v) is 15.8. The molecule has 0 fully saturated rings. The average molecular weight is 368 g/mol. The molecule has 0 aliphatic heterocycles. The quantitative estimate of drug-likeness (QED) is 0.827. The maximum absolute atomic E-state index is 12.8. The van der Waals surface area contributed by atoms with Gasteiger partial charge in [-0.05, 0) is 64.1 Å². The molecule has 0 aliphatic carbocycles. The van der Waals surface area contributed by atoms with E-state index >= 15 is 0 Å². The predicted octanol–water partition coefficient (Wildman–Crippen LogP) is 4.29. The molecule has 1 heterocycles. The summed E-state index contributed by atoms with van der Waals surface area (Å²) in [7, 11) is -3.57. The summed E-state index contributed by atoms with van der Waals surface area (Å²) in [5.41, 5.74) is 0.827. The second-order valence-corrected chi connectivity index (χ2v) is 8.31. The van der Waals surface area contributed by atoms with Crippen molar-refractivity contribution in [3.8, 4) is 0 Å². The van der Waals surface area contributed by atoms with Crippen molar-refractivity contribution >= 4 is 33.1 Å². The summed E-state index contributed by atoms with van der Waals surface area (Å²) in [5, 5.41) is 3.76. The van der Waals surface area contributed by atoms with E-state index in [4.69, 9.17) is 11.6 Å². The lowest BCUT2D eigenvalue weighted by atomic mass is 10.3. The number of pyridine rings is 1. The molecule has 5 nitrogen and oxygen atoms in total. The molecule has 1 N–H and O–H groups in total. The van der Waals surface area contributed by atoms with Crippen LogP contribution in [0.15, 0.2) is 47.5 Å². The number of halogens is 1. The summed E-state index contributed by atoms with van der Waals surface area (Å²) >= 11 is 5.85. The molecule has 2 aromatic rings. The lowest BCUT2D eigenvalue weighted by molar-refractivity contribution is 0.302. The van der Waals surface area contributed by atoms with Crippen LogP contribution in [0.3, 0.4) is 0 Å². The Balaban J connectivity index is 2.23. The van der Waals surface area contributed by atoms with Gasteiger partial charge < -0.3 is 5.32 Å². The van der Waals surface area contributed by atoms with Crippen LogP contribution in [0.1, 0.15) is 27.7 Å². The normalized spacial score (nSPS) is 12.2. The van der Waals surface area contributed by atoms with E-state index in [1.54, 1.807) is 24.3 Å². The molecule has 0 saturated carbocycles. The first-order chi connectivity index (χ1) is 11.2. The number of rotatable bonds is 6. The molecule has 24 heavy (non-hydrogen) atoms. The van der Waals surface area contributed by atoms with Crippen molar-refractivity contribution in [2.24, 2.45) is 0 Å². The number of benzene rings is 1. The zero-order valence-electron chi connectivity index (χ0n) is 14.2. The van der Waals surface area contributed by atoms with Gasteiger partial charge in [0.1, 0.15) is 10.7 Å². The number of aromatic nitrogens is 1. The van der Waals surface area contributed by atoms with Gasteiger partial charge in [-0.15, -0.1) is 0 Å². The minimum atomic E-state index is -3.57. The predicted molar refractivity (Wildman–Crippen MR) is 98.3 cm³/mol. The minimum Gasteiger partial charge on any atom is -0.340 e. The van der Waals surface area contributed by atoms with E-state index in [0.717, 1.165) is 5.69 Å². The van der Waals surface area contributed by atoms with Gasteiger partial charge in [0.25, 0.3) is 0 Å². The van der Waals surface area contributed by atoms with E-state index in [-0.39, 0.29) is 17.0 Å². The molecule has 0 bridgehead atoms. The number of anilines is 2. The van der Waals surface area contributed by atoms with E-state index in [0.29, 0.717) is 10.8 Å². The minimum absolute atomic E-state index is 0.123. The highest BCUT2D eigenvalue weighted by Crippen LogP contribution is 2.22. The fourth-order valence-electron chi connectivity index (χ4n) is 2.56. The van der Waals surface area contributed by atoms with Crippen molar-refractivity contribution in [1.82, 2.24) is 9.29 Å². The topological polar surface area (TPSA) is 62.3 Å². The van der Waals surface area contributed by atoms with Gasteiger partial charge in [-0.3, -0.25) is 0 Å². The maximum atomic E-state index is 12.8. The fraction of sp³-hybridized carbons (Fsp3) is 0.353. The average Bonchev–Trinajstić information content (AvgIpc) is 2.49. The number of nitrogens with one attached hydrogen (secondary N) is 1. The number of hydrogen-bond acceptors (Lipinski definition) is 4. The standard InChI is InChI=1S/C17H22ClN3O2S/c1-12(2)21(13(3)4)24(22,23)16-9-10-17(19-11-16)20-15-7-5-14(18)6-8-15/h5-13H,1-4H3,(H,19,20). The van der Waals surface area contributed by atoms with Gasteiger partial charge in [-0.1, -0.05) is 11.6 Å². The molecule has 0 aliphatic rings. The molecular weight excluding hydrogens is 346 g/mol. The summed E-state index contributed by atoms with van der Waals surface area (Å²) in [5.74, 6) is 0.567. The number of nitrogens with zero attached hydrogens (tertiary/aromatic N) is 2. The molecule has 0 saturated heterocycles. The summed E-state index contributed by atoms with van der Waals surface area (Å²) < 4.78 is 27.0. The third kappa shape index (κ3) is 4.26. The Bertz CT molecular complexity index is 764. The molecule has 0 spiro atoms. The van der Waals surface area contributed by atoms with Gasteiger partial charge in [0.05, 0.1) is 0 Å². The van der Waals surface area contributed by atoms with Crippen LogP contribution in [0.2, 0.25) is 5.02 Å². The van der Waals surface area contributed by atoms with Crippen molar-refractivity contribution in [3.05, 3.63) is 47.6 Å². The third-order valence-corrected chi connectivity index (χ3v) is 5.93. The van der Waals surface area contributed by atoms with E-state index in [9.17, 15) is 8.42 Å². The molecule has 0 atom stereocenters. The highest BCUT2D eigenvalue weighted by atomic mass is 35.5. The molecular formula is C17H22ClN3O2S. The second-order valence-electron chi connectivity index (χ2n) is 6.03. The first kappa shape index (κ1) is 18.7. The molecule has 1 aromatic carbocycles. The molecule has 0 unspecified atom stereocenters. The molecule has 7 heteroatoms. The Hall–Kier alpha value is -1.63.